The zero-order chi connectivity index (χ0) is 18.5. The van der Waals surface area contributed by atoms with Gasteiger partial charge in [0, 0.05) is 24.2 Å². The van der Waals surface area contributed by atoms with Gasteiger partial charge in [-0.2, -0.15) is 0 Å². The second-order valence-corrected chi connectivity index (χ2v) is 14.6. The van der Waals surface area contributed by atoms with Crippen molar-refractivity contribution in [2.24, 2.45) is 16.7 Å². The van der Waals surface area contributed by atoms with E-state index in [9.17, 15) is 4.79 Å². The molecule has 0 heterocycles. The minimum Gasteiger partial charge on any atom is -0.402 e. The molecular formula is C22H34O2Si. The highest BCUT2D eigenvalue weighted by molar-refractivity contribution is 6.69. The zero-order valence-corrected chi connectivity index (χ0v) is 17.9. The van der Waals surface area contributed by atoms with Crippen LogP contribution in [0.25, 0.3) is 0 Å². The Hall–Kier alpha value is -0.853. The Labute approximate surface area is 154 Å². The molecule has 0 saturated heterocycles. The van der Waals surface area contributed by atoms with E-state index in [1.54, 1.807) is 5.57 Å². The lowest BCUT2D eigenvalue weighted by atomic mass is 9.62. The lowest BCUT2D eigenvalue weighted by Crippen LogP contribution is -2.38. The Balaban J connectivity index is 1.72. The Morgan fingerprint density at radius 2 is 1.96 bits per heavy atom. The number of fused-ring (bicyclic) bond motifs is 1. The standard InChI is InChI=1S/C22H34O2Si/c1-20(2,24-25(4,5)6)12-8-14-22(15-16-22)19-11-10-17-18(23)9-7-13-21(17,19)3/h11,17H,7,9-10,13-16H2,1-6H3/t17-,21+/m0/s1. The van der Waals surface area contributed by atoms with Crippen LogP contribution >= 0.6 is 0 Å². The second-order valence-electron chi connectivity index (χ2n) is 10.1. The minimum atomic E-state index is -1.59. The third-order valence-electron chi connectivity index (χ3n) is 6.25. The molecule has 25 heavy (non-hydrogen) atoms. The summed E-state index contributed by atoms with van der Waals surface area (Å²) in [4.78, 5) is 12.4. The highest BCUT2D eigenvalue weighted by atomic mass is 28.4. The molecule has 2 fully saturated rings. The molecule has 3 rings (SSSR count). The largest absolute Gasteiger partial charge is 0.402 e. The van der Waals surface area contributed by atoms with Gasteiger partial charge in [0.05, 0.1) is 0 Å². The Morgan fingerprint density at radius 1 is 1.28 bits per heavy atom. The molecule has 0 bridgehead atoms. The topological polar surface area (TPSA) is 26.3 Å². The molecule has 2 nitrogen and oxygen atoms in total. The van der Waals surface area contributed by atoms with Crippen molar-refractivity contribution < 1.29 is 9.22 Å². The number of carbonyl (C=O) groups excluding carboxylic acids is 1. The summed E-state index contributed by atoms with van der Waals surface area (Å²) in [5.41, 5.74) is 1.57. The molecule has 0 amide bonds. The van der Waals surface area contributed by atoms with Gasteiger partial charge >= 0.3 is 0 Å². The van der Waals surface area contributed by atoms with Crippen LogP contribution in [0.15, 0.2) is 11.6 Å². The predicted molar refractivity (Wildman–Crippen MR) is 106 cm³/mol. The number of rotatable bonds is 4. The molecule has 3 heteroatoms. The summed E-state index contributed by atoms with van der Waals surface area (Å²) in [5, 5.41) is 0. The van der Waals surface area contributed by atoms with E-state index in [-0.39, 0.29) is 22.3 Å². The molecule has 0 spiro atoms. The molecule has 0 aromatic heterocycles. The van der Waals surface area contributed by atoms with Crippen LogP contribution < -0.4 is 0 Å². The smallest absolute Gasteiger partial charge is 0.185 e. The maximum absolute atomic E-state index is 12.4. The quantitative estimate of drug-likeness (QED) is 0.377. The summed E-state index contributed by atoms with van der Waals surface area (Å²) in [6.07, 6.45) is 9.79. The zero-order valence-electron chi connectivity index (χ0n) is 16.9. The van der Waals surface area contributed by atoms with Crippen molar-refractivity contribution in [3.63, 3.8) is 0 Å². The number of hydrogen-bond acceptors (Lipinski definition) is 2. The average molecular weight is 359 g/mol. The molecule has 0 aliphatic heterocycles. The molecule has 3 aliphatic rings. The number of carbonyl (C=O) groups is 1. The van der Waals surface area contributed by atoms with Gasteiger partial charge in [-0.05, 0) is 71.0 Å². The van der Waals surface area contributed by atoms with Crippen molar-refractivity contribution in [1.82, 2.24) is 0 Å². The number of Topliss-reactive ketones (excluding diaryl/α,β-unsaturated/α-hetero) is 1. The maximum Gasteiger partial charge on any atom is 0.185 e. The van der Waals surface area contributed by atoms with E-state index in [4.69, 9.17) is 4.43 Å². The number of ketones is 1. The fraction of sp³-hybridized carbons (Fsp3) is 0.773. The molecule has 0 unspecified atom stereocenters. The summed E-state index contributed by atoms with van der Waals surface area (Å²) in [7, 11) is -1.59. The first kappa shape index (κ1) is 18.9. The summed E-state index contributed by atoms with van der Waals surface area (Å²) in [5.74, 6) is 7.61. The van der Waals surface area contributed by atoms with E-state index in [0.717, 1.165) is 25.7 Å². The summed E-state index contributed by atoms with van der Waals surface area (Å²) < 4.78 is 6.21. The van der Waals surface area contributed by atoms with Crippen LogP contribution in [0.3, 0.4) is 0 Å². The maximum atomic E-state index is 12.4. The van der Waals surface area contributed by atoms with Gasteiger partial charge < -0.3 is 4.43 Å². The van der Waals surface area contributed by atoms with Gasteiger partial charge in [0.1, 0.15) is 11.4 Å². The van der Waals surface area contributed by atoms with Gasteiger partial charge in [-0.25, -0.2) is 0 Å². The highest BCUT2D eigenvalue weighted by Gasteiger charge is 2.57. The van der Waals surface area contributed by atoms with Crippen LogP contribution in [-0.2, 0) is 9.22 Å². The monoisotopic (exact) mass is 358 g/mol. The van der Waals surface area contributed by atoms with Crippen molar-refractivity contribution in [3.05, 3.63) is 11.6 Å². The first-order valence-electron chi connectivity index (χ1n) is 9.92. The van der Waals surface area contributed by atoms with Gasteiger partial charge in [0.2, 0.25) is 0 Å². The van der Waals surface area contributed by atoms with Crippen molar-refractivity contribution in [3.8, 4) is 11.8 Å². The van der Waals surface area contributed by atoms with Crippen LogP contribution in [0.5, 0.6) is 0 Å². The van der Waals surface area contributed by atoms with E-state index < -0.39 is 8.32 Å². The normalized spacial score (nSPS) is 31.0. The van der Waals surface area contributed by atoms with E-state index in [1.807, 2.05) is 0 Å². The van der Waals surface area contributed by atoms with Crippen molar-refractivity contribution >= 4 is 14.1 Å². The highest BCUT2D eigenvalue weighted by Crippen LogP contribution is 2.66. The SMILES string of the molecule is CC(C)(C#CCC1(C2=CC[C@H]3C(=O)CCC[C@@]23C)CC1)O[Si](C)(C)C. The van der Waals surface area contributed by atoms with Crippen molar-refractivity contribution in [2.75, 3.05) is 0 Å². The third-order valence-corrected chi connectivity index (χ3v) is 7.38. The molecule has 2 atom stereocenters. The van der Waals surface area contributed by atoms with E-state index >= 15 is 0 Å². The molecule has 2 saturated carbocycles. The number of hydrogen-bond donors (Lipinski definition) is 0. The van der Waals surface area contributed by atoms with Gasteiger partial charge in [0.25, 0.3) is 0 Å². The molecule has 138 valence electrons. The van der Waals surface area contributed by atoms with Gasteiger partial charge in [-0.15, -0.1) is 0 Å². The molecular weight excluding hydrogens is 324 g/mol. The average Bonchev–Trinajstić information content (AvgIpc) is 3.11. The Kier molecular flexibility index (Phi) is 4.62. The van der Waals surface area contributed by atoms with Crippen molar-refractivity contribution in [2.45, 2.75) is 91.0 Å². The van der Waals surface area contributed by atoms with Gasteiger partial charge in [-0.3, -0.25) is 4.79 Å². The first-order chi connectivity index (χ1) is 11.5. The minimum absolute atomic E-state index is 0.109. The first-order valence-corrected chi connectivity index (χ1v) is 13.3. The Morgan fingerprint density at radius 3 is 2.56 bits per heavy atom. The van der Waals surface area contributed by atoms with Crippen LogP contribution in [0.2, 0.25) is 19.6 Å². The Bertz CT molecular complexity index is 652. The van der Waals surface area contributed by atoms with E-state index in [2.05, 4.69) is 58.3 Å². The third kappa shape index (κ3) is 3.81. The molecule has 0 radical (unpaired) electrons. The van der Waals surface area contributed by atoms with E-state index in [0.29, 0.717) is 5.78 Å². The lowest BCUT2D eigenvalue weighted by Gasteiger charge is -2.40. The van der Waals surface area contributed by atoms with Crippen molar-refractivity contribution in [1.29, 1.82) is 0 Å². The van der Waals surface area contributed by atoms with Crippen LogP contribution in [-0.4, -0.2) is 19.7 Å². The fourth-order valence-electron chi connectivity index (χ4n) is 5.25. The van der Waals surface area contributed by atoms with Gasteiger partial charge in [0.15, 0.2) is 8.32 Å². The van der Waals surface area contributed by atoms with Crippen LogP contribution in [0, 0.1) is 28.6 Å². The van der Waals surface area contributed by atoms with Gasteiger partial charge in [-0.1, -0.05) is 30.4 Å². The molecule has 0 N–H and O–H groups in total. The summed E-state index contributed by atoms with van der Waals surface area (Å²) >= 11 is 0. The lowest BCUT2D eigenvalue weighted by molar-refractivity contribution is -0.128. The summed E-state index contributed by atoms with van der Waals surface area (Å²) in [6, 6.07) is 0. The number of allylic oxidation sites excluding steroid dienone is 2. The predicted octanol–water partition coefficient (Wildman–Crippen LogP) is 5.50. The molecule has 0 aromatic rings. The molecule has 0 aromatic carbocycles. The summed E-state index contributed by atoms with van der Waals surface area (Å²) in [6.45, 7) is 13.2. The second kappa shape index (κ2) is 6.10. The van der Waals surface area contributed by atoms with Crippen LogP contribution in [0.1, 0.15) is 65.7 Å². The van der Waals surface area contributed by atoms with Crippen LogP contribution in [0.4, 0.5) is 0 Å². The van der Waals surface area contributed by atoms with E-state index in [1.165, 1.54) is 19.3 Å². The molecule has 3 aliphatic carbocycles. The fourth-order valence-corrected chi connectivity index (χ4v) is 6.83.